The highest BCUT2D eigenvalue weighted by molar-refractivity contribution is 7.98. The lowest BCUT2D eigenvalue weighted by Gasteiger charge is -2.19. The number of hydrogen-bond acceptors (Lipinski definition) is 11. The number of imidazole rings is 1. The van der Waals surface area contributed by atoms with Gasteiger partial charge in [0.05, 0.1) is 17.9 Å². The van der Waals surface area contributed by atoms with Crippen molar-refractivity contribution in [1.82, 2.24) is 19.5 Å². The molecule has 4 atom stereocenters. The molecule has 1 aromatic carbocycles. The zero-order chi connectivity index (χ0) is 24.6. The van der Waals surface area contributed by atoms with Crippen molar-refractivity contribution in [3.05, 3.63) is 56.6 Å². The van der Waals surface area contributed by atoms with E-state index in [1.54, 1.807) is 12.1 Å². The molecule has 0 radical (unpaired) electrons. The van der Waals surface area contributed by atoms with Gasteiger partial charge >= 0.3 is 7.82 Å². The Labute approximate surface area is 193 Å². The van der Waals surface area contributed by atoms with E-state index in [1.165, 1.54) is 16.7 Å². The van der Waals surface area contributed by atoms with Crippen LogP contribution in [0.2, 0.25) is 0 Å². The van der Waals surface area contributed by atoms with Gasteiger partial charge in [0.1, 0.15) is 18.3 Å². The summed E-state index contributed by atoms with van der Waals surface area (Å²) >= 11 is 1.12. The quantitative estimate of drug-likeness (QED) is 0.116. The van der Waals surface area contributed by atoms with Crippen LogP contribution in [-0.4, -0.2) is 69.4 Å². The van der Waals surface area contributed by atoms with Crippen LogP contribution in [0.15, 0.2) is 40.5 Å². The van der Waals surface area contributed by atoms with Crippen LogP contribution in [0.25, 0.3) is 11.2 Å². The van der Waals surface area contributed by atoms with Gasteiger partial charge in [-0.05, 0) is 5.56 Å². The lowest BCUT2D eigenvalue weighted by molar-refractivity contribution is -0.384. The van der Waals surface area contributed by atoms with Crippen LogP contribution in [0.4, 0.5) is 5.69 Å². The molecule has 1 saturated heterocycles. The smallest absolute Gasteiger partial charge is 0.387 e. The first-order valence-corrected chi connectivity index (χ1v) is 12.1. The van der Waals surface area contributed by atoms with Crippen molar-refractivity contribution in [1.29, 1.82) is 0 Å². The van der Waals surface area contributed by atoms with Crippen molar-refractivity contribution in [2.24, 2.45) is 0 Å². The number of rotatable bonds is 8. The summed E-state index contributed by atoms with van der Waals surface area (Å²) in [6, 6.07) is 5.81. The largest absolute Gasteiger partial charge is 0.469 e. The number of nitrogens with one attached hydrogen (secondary N) is 1. The van der Waals surface area contributed by atoms with Crippen molar-refractivity contribution in [2.45, 2.75) is 35.4 Å². The van der Waals surface area contributed by atoms with Gasteiger partial charge in [-0.2, -0.15) is 0 Å². The van der Waals surface area contributed by atoms with Gasteiger partial charge in [-0.15, -0.1) is 0 Å². The zero-order valence-corrected chi connectivity index (χ0v) is 18.7. The molecule has 34 heavy (non-hydrogen) atoms. The van der Waals surface area contributed by atoms with E-state index >= 15 is 0 Å². The minimum absolute atomic E-state index is 0.0442. The first-order valence-electron chi connectivity index (χ1n) is 9.58. The van der Waals surface area contributed by atoms with Crippen molar-refractivity contribution < 1.29 is 38.7 Å². The number of nitrogens with zero attached hydrogens (tertiary/aromatic N) is 4. The van der Waals surface area contributed by atoms with Gasteiger partial charge in [-0.1, -0.05) is 23.9 Å². The average molecular weight is 515 g/mol. The highest BCUT2D eigenvalue weighted by Crippen LogP contribution is 2.40. The lowest BCUT2D eigenvalue weighted by atomic mass is 10.1. The topological polar surface area (TPSA) is 223 Å². The number of fused-ring (bicyclic) bond motifs is 1. The first-order chi connectivity index (χ1) is 16.0. The number of aliphatic hydroxyl groups excluding tert-OH is 2. The number of aliphatic hydroxyl groups is 2. The molecule has 0 bridgehead atoms. The fraction of sp³-hybridized carbons (Fsp3) is 0.353. The van der Waals surface area contributed by atoms with Crippen LogP contribution in [0.1, 0.15) is 11.8 Å². The number of nitro groups is 1. The minimum atomic E-state index is -4.85. The maximum atomic E-state index is 12.3. The second kappa shape index (κ2) is 9.52. The molecule has 3 aromatic rings. The molecule has 182 valence electrons. The van der Waals surface area contributed by atoms with E-state index in [-0.39, 0.29) is 27.8 Å². The fourth-order valence-corrected chi connectivity index (χ4v) is 4.66. The normalized spacial score (nSPS) is 22.9. The number of non-ortho nitro benzene ring substituents is 1. The molecule has 1 aliphatic heterocycles. The SMILES string of the molecule is O=c1[nH]cnc2c1nc(SCc1ccc([N+](=O)[O-])cc1)n2C1O[C@H](COP(=O)(O)O)[C@@H](O)[C@H]1O. The van der Waals surface area contributed by atoms with Gasteiger partial charge < -0.3 is 29.7 Å². The standard InChI is InChI=1S/C17H18N5O10PS/c23-12-10(5-31-33(28,29)30)32-16(13(12)24)21-14-11(15(25)19-7-18-14)20-17(21)34-6-8-1-3-9(4-2-8)22(26)27/h1-4,7,10,12-13,16,23-24H,5-6H2,(H,18,19,25)(H2,28,29,30)/t10-,12-,13-,16?/m1/s1. The second-order valence-electron chi connectivity index (χ2n) is 7.21. The molecule has 4 rings (SSSR count). The summed E-state index contributed by atoms with van der Waals surface area (Å²) in [6.45, 7) is -0.703. The number of H-pyrrole nitrogens is 1. The molecule has 0 amide bonds. The Kier molecular flexibility index (Phi) is 6.84. The number of nitro benzene ring substituents is 1. The Bertz CT molecular complexity index is 1310. The number of hydrogen-bond donors (Lipinski definition) is 5. The van der Waals surface area contributed by atoms with Crippen molar-refractivity contribution in [3.8, 4) is 0 Å². The number of ether oxygens (including phenoxy) is 1. The maximum absolute atomic E-state index is 12.3. The summed E-state index contributed by atoms with van der Waals surface area (Å²) in [4.78, 5) is 51.1. The monoisotopic (exact) mass is 515 g/mol. The van der Waals surface area contributed by atoms with Crippen LogP contribution in [0.3, 0.4) is 0 Å². The third-order valence-corrected chi connectivity index (χ3v) is 6.47. The Morgan fingerprint density at radius 2 is 1.97 bits per heavy atom. The molecule has 0 aliphatic carbocycles. The van der Waals surface area contributed by atoms with E-state index in [2.05, 4.69) is 19.5 Å². The average Bonchev–Trinajstić information content (AvgIpc) is 3.29. The zero-order valence-electron chi connectivity index (χ0n) is 17.0. The third-order valence-electron chi connectivity index (χ3n) is 4.96. The van der Waals surface area contributed by atoms with Gasteiger partial charge in [0.2, 0.25) is 0 Å². The van der Waals surface area contributed by atoms with Gasteiger partial charge in [0.15, 0.2) is 22.5 Å². The fourth-order valence-electron chi connectivity index (χ4n) is 3.34. The summed E-state index contributed by atoms with van der Waals surface area (Å²) in [7, 11) is -4.85. The number of thioether (sulfide) groups is 1. The molecule has 0 saturated carbocycles. The van der Waals surface area contributed by atoms with Gasteiger partial charge in [-0.3, -0.25) is 24.0 Å². The van der Waals surface area contributed by atoms with Gasteiger partial charge in [0.25, 0.3) is 11.2 Å². The summed E-state index contributed by atoms with van der Waals surface area (Å²) in [5, 5.41) is 31.9. The highest BCUT2D eigenvalue weighted by Gasteiger charge is 2.46. The van der Waals surface area contributed by atoms with Gasteiger partial charge in [0, 0.05) is 17.9 Å². The molecule has 5 N–H and O–H groups in total. The van der Waals surface area contributed by atoms with E-state index in [1.807, 2.05) is 0 Å². The molecule has 2 aromatic heterocycles. The first kappa shape index (κ1) is 24.4. The summed E-state index contributed by atoms with van der Waals surface area (Å²) in [5.74, 6) is 0.273. The Morgan fingerprint density at radius 3 is 2.62 bits per heavy atom. The molecule has 17 heteroatoms. The Morgan fingerprint density at radius 1 is 1.26 bits per heavy atom. The lowest BCUT2D eigenvalue weighted by Crippen LogP contribution is -2.33. The highest BCUT2D eigenvalue weighted by atomic mass is 32.2. The summed E-state index contributed by atoms with van der Waals surface area (Å²) in [6.07, 6.45) is -4.61. The molecular formula is C17H18N5O10PS. The molecule has 1 unspecified atom stereocenters. The van der Waals surface area contributed by atoms with E-state index in [4.69, 9.17) is 14.5 Å². The van der Waals surface area contributed by atoms with E-state index in [9.17, 15) is 29.7 Å². The van der Waals surface area contributed by atoms with Crippen LogP contribution >= 0.6 is 19.6 Å². The predicted molar refractivity (Wildman–Crippen MR) is 115 cm³/mol. The van der Waals surface area contributed by atoms with E-state index in [0.717, 1.165) is 18.1 Å². The Balaban J connectivity index is 1.64. The van der Waals surface area contributed by atoms with Crippen LogP contribution < -0.4 is 5.56 Å². The molecular weight excluding hydrogens is 497 g/mol. The molecule has 3 heterocycles. The number of phosphoric ester groups is 1. The molecule has 0 spiro atoms. The van der Waals surface area contributed by atoms with Crippen LogP contribution in [0.5, 0.6) is 0 Å². The molecule has 1 fully saturated rings. The summed E-state index contributed by atoms with van der Waals surface area (Å²) < 4.78 is 22.3. The maximum Gasteiger partial charge on any atom is 0.469 e. The van der Waals surface area contributed by atoms with Crippen molar-refractivity contribution >= 4 is 36.4 Å². The molecule has 15 nitrogen and oxygen atoms in total. The Hall–Kier alpha value is -2.69. The van der Waals surface area contributed by atoms with E-state index in [0.29, 0.717) is 5.56 Å². The summed E-state index contributed by atoms with van der Waals surface area (Å²) in [5.41, 5.74) is 0.0562. The van der Waals surface area contributed by atoms with Crippen molar-refractivity contribution in [3.63, 3.8) is 0 Å². The third kappa shape index (κ3) is 5.03. The number of phosphoric acid groups is 1. The van der Waals surface area contributed by atoms with Crippen molar-refractivity contribution in [2.75, 3.05) is 6.61 Å². The second-order valence-corrected chi connectivity index (χ2v) is 9.39. The van der Waals surface area contributed by atoms with Gasteiger partial charge in [-0.25, -0.2) is 14.5 Å². The van der Waals surface area contributed by atoms with E-state index < -0.39 is 49.5 Å². The number of benzene rings is 1. The van der Waals surface area contributed by atoms with Crippen LogP contribution in [-0.2, 0) is 19.6 Å². The predicted octanol–water partition coefficient (Wildman–Crippen LogP) is 0.0486. The minimum Gasteiger partial charge on any atom is -0.387 e. The molecule has 1 aliphatic rings. The van der Waals surface area contributed by atoms with Crippen LogP contribution in [0, 0.1) is 10.1 Å². The number of aromatic amines is 1. The number of aromatic nitrogens is 4.